The first kappa shape index (κ1) is 28.2. The fraction of sp³-hybridized carbons (Fsp3) is 0.484. The van der Waals surface area contributed by atoms with Crippen LogP contribution in [0.3, 0.4) is 0 Å². The maximum Gasteiger partial charge on any atom is 0.185 e. The van der Waals surface area contributed by atoms with Crippen LogP contribution in [0.2, 0.25) is 0 Å². The van der Waals surface area contributed by atoms with Gasteiger partial charge in [-0.3, -0.25) is 19.5 Å². The summed E-state index contributed by atoms with van der Waals surface area (Å²) >= 11 is 0. The van der Waals surface area contributed by atoms with Crippen LogP contribution < -0.4 is 0 Å². The van der Waals surface area contributed by atoms with E-state index in [1.54, 1.807) is 6.20 Å². The number of likely N-dealkylation sites (tertiary alicyclic amines) is 1. The SMILES string of the molecule is CC(C)(CC(=O)CC1(CC(=O)c2cc(-c3ccc(F)cc3F)on2)CN([C@H]2CCC[C@@H](O)C2)C1)c1ccccn1. The molecule has 2 atom stereocenters. The van der Waals surface area contributed by atoms with Crippen LogP contribution in [0.4, 0.5) is 8.78 Å². The Kier molecular flexibility index (Phi) is 7.97. The molecule has 1 saturated heterocycles. The van der Waals surface area contributed by atoms with Crippen molar-refractivity contribution >= 4 is 11.6 Å². The molecule has 2 aromatic heterocycles. The molecule has 1 aromatic carbocycles. The van der Waals surface area contributed by atoms with Crippen molar-refractivity contribution in [2.75, 3.05) is 13.1 Å². The molecule has 2 aliphatic rings. The minimum atomic E-state index is -0.808. The minimum Gasteiger partial charge on any atom is -0.393 e. The number of carbonyl (C=O) groups is 2. The maximum atomic E-state index is 14.3. The molecule has 0 bridgehead atoms. The zero-order valence-corrected chi connectivity index (χ0v) is 22.9. The first-order valence-corrected chi connectivity index (χ1v) is 13.8. The van der Waals surface area contributed by atoms with Gasteiger partial charge in [-0.2, -0.15) is 0 Å². The lowest BCUT2D eigenvalue weighted by Gasteiger charge is -2.54. The first-order valence-electron chi connectivity index (χ1n) is 13.8. The summed E-state index contributed by atoms with van der Waals surface area (Å²) in [6, 6.07) is 10.4. The van der Waals surface area contributed by atoms with E-state index in [2.05, 4.69) is 15.0 Å². The predicted molar refractivity (Wildman–Crippen MR) is 145 cm³/mol. The third kappa shape index (κ3) is 6.20. The summed E-state index contributed by atoms with van der Waals surface area (Å²) in [6.45, 7) is 5.13. The largest absolute Gasteiger partial charge is 0.393 e. The Bertz CT molecular complexity index is 1370. The molecule has 3 aromatic rings. The number of halogens is 2. The van der Waals surface area contributed by atoms with Gasteiger partial charge in [-0.25, -0.2) is 8.78 Å². The number of Topliss-reactive ketones (excluding diaryl/α,β-unsaturated/α-hetero) is 2. The molecular weight excluding hydrogens is 516 g/mol. The Morgan fingerprint density at radius 1 is 1.12 bits per heavy atom. The quantitative estimate of drug-likeness (QED) is 0.332. The first-order chi connectivity index (χ1) is 19.0. The van der Waals surface area contributed by atoms with Crippen molar-refractivity contribution in [3.05, 3.63) is 71.7 Å². The minimum absolute atomic E-state index is 0.0141. The van der Waals surface area contributed by atoms with Crippen LogP contribution in [-0.2, 0) is 10.2 Å². The van der Waals surface area contributed by atoms with Gasteiger partial charge in [0.15, 0.2) is 11.5 Å². The lowest BCUT2D eigenvalue weighted by atomic mass is 9.68. The standard InChI is InChI=1S/C31H35F2N3O4/c1-30(2,29-8-3-4-11-34-29)15-23(38)16-31(18-36(19-31)21-6-5-7-22(37)13-21)17-27(39)26-14-28(40-35-26)24-10-9-20(32)12-25(24)33/h3-4,8-12,14,21-22,37H,5-7,13,15-19H2,1-2H3/t21-,22+/m0/s1. The second kappa shape index (κ2) is 11.3. The number of rotatable bonds is 10. The topological polar surface area (TPSA) is 96.5 Å². The van der Waals surface area contributed by atoms with Crippen molar-refractivity contribution < 1.29 is 28.0 Å². The van der Waals surface area contributed by atoms with Crippen LogP contribution in [0, 0.1) is 17.0 Å². The van der Waals surface area contributed by atoms with Gasteiger partial charge in [0.25, 0.3) is 0 Å². The Labute approximate surface area is 232 Å². The molecule has 9 heteroatoms. The molecule has 5 rings (SSSR count). The molecular formula is C31H35F2N3O4. The van der Waals surface area contributed by atoms with Crippen LogP contribution in [0.1, 0.15) is 75.0 Å². The van der Waals surface area contributed by atoms with E-state index in [1.807, 2.05) is 32.0 Å². The van der Waals surface area contributed by atoms with Gasteiger partial charge in [0.1, 0.15) is 23.1 Å². The van der Waals surface area contributed by atoms with Crippen molar-refractivity contribution in [1.29, 1.82) is 0 Å². The van der Waals surface area contributed by atoms with E-state index in [1.165, 1.54) is 12.1 Å². The monoisotopic (exact) mass is 551 g/mol. The molecule has 212 valence electrons. The number of pyridine rings is 1. The third-order valence-electron chi connectivity index (χ3n) is 8.31. The Hall–Kier alpha value is -3.30. The number of hydrogen-bond acceptors (Lipinski definition) is 7. The Morgan fingerprint density at radius 2 is 1.93 bits per heavy atom. The number of ketones is 2. The van der Waals surface area contributed by atoms with E-state index in [4.69, 9.17) is 4.52 Å². The lowest BCUT2D eigenvalue weighted by molar-refractivity contribution is -0.128. The zero-order valence-electron chi connectivity index (χ0n) is 22.9. The molecule has 0 spiro atoms. The molecule has 40 heavy (non-hydrogen) atoms. The summed E-state index contributed by atoms with van der Waals surface area (Å²) in [5.41, 5.74) is -0.133. The molecule has 1 saturated carbocycles. The Balaban J connectivity index is 1.31. The van der Waals surface area contributed by atoms with Crippen molar-refractivity contribution in [3.63, 3.8) is 0 Å². The van der Waals surface area contributed by atoms with Crippen LogP contribution in [-0.4, -0.2) is 56.9 Å². The summed E-state index contributed by atoms with van der Waals surface area (Å²) in [5, 5.41) is 14.0. The summed E-state index contributed by atoms with van der Waals surface area (Å²) < 4.78 is 32.8. The van der Waals surface area contributed by atoms with E-state index >= 15 is 0 Å². The van der Waals surface area contributed by atoms with E-state index in [0.717, 1.165) is 37.1 Å². The van der Waals surface area contributed by atoms with E-state index in [0.29, 0.717) is 25.9 Å². The number of aliphatic hydroxyl groups excluding tert-OH is 1. The van der Waals surface area contributed by atoms with Crippen molar-refractivity contribution in [1.82, 2.24) is 15.0 Å². The smallest absolute Gasteiger partial charge is 0.185 e. The molecule has 1 aliphatic carbocycles. The van der Waals surface area contributed by atoms with Crippen molar-refractivity contribution in [2.45, 2.75) is 76.4 Å². The van der Waals surface area contributed by atoms with Crippen LogP contribution in [0.25, 0.3) is 11.3 Å². The van der Waals surface area contributed by atoms with Crippen LogP contribution in [0.15, 0.2) is 53.2 Å². The number of carbonyl (C=O) groups excluding carboxylic acids is 2. The van der Waals surface area contributed by atoms with Gasteiger partial charge in [0, 0.05) is 73.2 Å². The normalized spacial score (nSPS) is 21.1. The van der Waals surface area contributed by atoms with Gasteiger partial charge in [-0.15, -0.1) is 0 Å². The summed E-state index contributed by atoms with van der Waals surface area (Å²) in [5.74, 6) is -1.72. The maximum absolute atomic E-state index is 14.3. The zero-order chi connectivity index (χ0) is 28.5. The highest BCUT2D eigenvalue weighted by atomic mass is 19.1. The number of nitrogens with zero attached hydrogens (tertiary/aromatic N) is 3. The van der Waals surface area contributed by atoms with Gasteiger partial charge in [-0.1, -0.05) is 25.1 Å². The molecule has 1 aliphatic heterocycles. The third-order valence-corrected chi connectivity index (χ3v) is 8.31. The van der Waals surface area contributed by atoms with E-state index in [-0.39, 0.29) is 53.6 Å². The summed E-state index contributed by atoms with van der Waals surface area (Å²) in [4.78, 5) is 33.6. The van der Waals surface area contributed by atoms with Crippen LogP contribution >= 0.6 is 0 Å². The van der Waals surface area contributed by atoms with Gasteiger partial charge in [-0.05, 0) is 49.9 Å². The van der Waals surface area contributed by atoms with Crippen molar-refractivity contribution in [3.8, 4) is 11.3 Å². The van der Waals surface area contributed by atoms with E-state index < -0.39 is 22.5 Å². The van der Waals surface area contributed by atoms with Crippen molar-refractivity contribution in [2.24, 2.45) is 5.41 Å². The molecule has 3 heterocycles. The number of benzene rings is 1. The average Bonchev–Trinajstić information content (AvgIpc) is 3.37. The molecule has 0 amide bonds. The summed E-state index contributed by atoms with van der Waals surface area (Å²) in [6.07, 6.45) is 5.44. The number of hydrogen-bond donors (Lipinski definition) is 1. The lowest BCUT2D eigenvalue weighted by Crippen LogP contribution is -2.62. The second-order valence-corrected chi connectivity index (χ2v) is 12.2. The van der Waals surface area contributed by atoms with Gasteiger partial charge >= 0.3 is 0 Å². The van der Waals surface area contributed by atoms with Gasteiger partial charge < -0.3 is 9.63 Å². The number of aliphatic hydroxyl groups is 1. The highest BCUT2D eigenvalue weighted by Crippen LogP contribution is 2.43. The van der Waals surface area contributed by atoms with Gasteiger partial charge in [0.05, 0.1) is 11.7 Å². The highest BCUT2D eigenvalue weighted by Gasteiger charge is 2.49. The summed E-state index contributed by atoms with van der Waals surface area (Å²) in [7, 11) is 0. The molecule has 2 fully saturated rings. The fourth-order valence-corrected chi connectivity index (χ4v) is 6.31. The molecule has 0 radical (unpaired) electrons. The number of aromatic nitrogens is 2. The predicted octanol–water partition coefficient (Wildman–Crippen LogP) is 5.52. The molecule has 1 N–H and O–H groups in total. The van der Waals surface area contributed by atoms with Crippen LogP contribution in [0.5, 0.6) is 0 Å². The van der Waals surface area contributed by atoms with Gasteiger partial charge in [0.2, 0.25) is 0 Å². The Morgan fingerprint density at radius 3 is 2.62 bits per heavy atom. The van der Waals surface area contributed by atoms with E-state index in [9.17, 15) is 23.5 Å². The molecule has 7 nitrogen and oxygen atoms in total. The highest BCUT2D eigenvalue weighted by molar-refractivity contribution is 5.96. The average molecular weight is 552 g/mol. The fourth-order valence-electron chi connectivity index (χ4n) is 6.31. The molecule has 0 unspecified atom stereocenters. The second-order valence-electron chi connectivity index (χ2n) is 12.2.